The summed E-state index contributed by atoms with van der Waals surface area (Å²) in [4.78, 5) is 28.0. The lowest BCUT2D eigenvalue weighted by atomic mass is 10.1. The molecule has 2 rings (SSSR count). The van der Waals surface area contributed by atoms with Crippen LogP contribution in [0.15, 0.2) is 18.2 Å². The van der Waals surface area contributed by atoms with Crippen LogP contribution in [0.4, 0.5) is 4.39 Å². The summed E-state index contributed by atoms with van der Waals surface area (Å²) in [5.41, 5.74) is 0.858. The fourth-order valence-corrected chi connectivity index (χ4v) is 2.99. The van der Waals surface area contributed by atoms with Gasteiger partial charge in [0.1, 0.15) is 5.82 Å². The number of aryl methyl sites for hydroxylation is 1. The molecule has 0 aromatic heterocycles. The number of hydrogen-bond donors (Lipinski definition) is 1. The van der Waals surface area contributed by atoms with Gasteiger partial charge >= 0.3 is 0 Å². The number of benzene rings is 1. The summed E-state index contributed by atoms with van der Waals surface area (Å²) in [7, 11) is 3.56. The van der Waals surface area contributed by atoms with Gasteiger partial charge in [0.05, 0.1) is 6.04 Å². The van der Waals surface area contributed by atoms with E-state index in [1.165, 1.54) is 6.07 Å². The van der Waals surface area contributed by atoms with Crippen molar-refractivity contribution in [2.45, 2.75) is 32.2 Å². The molecule has 0 bridgehead atoms. The summed E-state index contributed by atoms with van der Waals surface area (Å²) in [5.74, 6) is -0.493. The lowest BCUT2D eigenvalue weighted by Crippen LogP contribution is -2.43. The van der Waals surface area contributed by atoms with Crippen molar-refractivity contribution < 1.29 is 14.0 Å². The molecular weight excluding hydrogens is 309 g/mol. The Morgan fingerprint density at radius 3 is 2.79 bits per heavy atom. The van der Waals surface area contributed by atoms with E-state index in [9.17, 15) is 14.0 Å². The molecule has 132 valence electrons. The number of halogens is 1. The van der Waals surface area contributed by atoms with Gasteiger partial charge in [-0.05, 0) is 50.4 Å². The normalized spacial score (nSPS) is 17.8. The molecule has 0 aliphatic carbocycles. The molecular formula is C18H26FN3O2. The second-order valence-corrected chi connectivity index (χ2v) is 6.50. The molecule has 1 saturated heterocycles. The van der Waals surface area contributed by atoms with Crippen molar-refractivity contribution in [3.05, 3.63) is 35.1 Å². The van der Waals surface area contributed by atoms with Gasteiger partial charge in [0, 0.05) is 32.7 Å². The molecule has 24 heavy (non-hydrogen) atoms. The monoisotopic (exact) mass is 335 g/mol. The largest absolute Gasteiger partial charge is 0.352 e. The average molecular weight is 335 g/mol. The van der Waals surface area contributed by atoms with Gasteiger partial charge in [0.15, 0.2) is 0 Å². The Hall–Kier alpha value is -1.95. The third kappa shape index (κ3) is 4.54. The zero-order valence-corrected chi connectivity index (χ0v) is 14.6. The maximum Gasteiger partial charge on any atom is 0.251 e. The van der Waals surface area contributed by atoms with E-state index in [1.54, 1.807) is 38.1 Å². The van der Waals surface area contributed by atoms with Crippen molar-refractivity contribution in [3.63, 3.8) is 0 Å². The minimum absolute atomic E-state index is 0.0399. The van der Waals surface area contributed by atoms with Gasteiger partial charge in [-0.2, -0.15) is 0 Å². The van der Waals surface area contributed by atoms with Crippen molar-refractivity contribution in [1.29, 1.82) is 0 Å². The number of carbonyl (C=O) groups excluding carboxylic acids is 2. The smallest absolute Gasteiger partial charge is 0.251 e. The van der Waals surface area contributed by atoms with Crippen LogP contribution in [0.5, 0.6) is 0 Å². The van der Waals surface area contributed by atoms with E-state index in [0.29, 0.717) is 17.7 Å². The highest BCUT2D eigenvalue weighted by Crippen LogP contribution is 2.18. The molecule has 6 heteroatoms. The van der Waals surface area contributed by atoms with Crippen LogP contribution in [0, 0.1) is 12.7 Å². The highest BCUT2D eigenvalue weighted by Gasteiger charge is 2.30. The molecule has 1 aromatic rings. The summed E-state index contributed by atoms with van der Waals surface area (Å²) in [6, 6.07) is 4.45. The fraction of sp³-hybridized carbons (Fsp3) is 0.556. The second-order valence-electron chi connectivity index (χ2n) is 6.50. The predicted octanol–water partition coefficient (Wildman–Crippen LogP) is 1.81. The summed E-state index contributed by atoms with van der Waals surface area (Å²) < 4.78 is 13.5. The summed E-state index contributed by atoms with van der Waals surface area (Å²) >= 11 is 0. The SMILES string of the molecule is Cc1ccc(C(=O)NCCCN2CCC[C@@H]2C(=O)N(C)C)cc1F. The van der Waals surface area contributed by atoms with Crippen LogP contribution in [-0.4, -0.2) is 61.4 Å². The van der Waals surface area contributed by atoms with Crippen LogP contribution < -0.4 is 5.32 Å². The molecule has 1 fully saturated rings. The number of hydrogen-bond acceptors (Lipinski definition) is 3. The summed E-state index contributed by atoms with van der Waals surface area (Å²) in [6.45, 7) is 3.86. The molecule has 0 spiro atoms. The first-order valence-corrected chi connectivity index (χ1v) is 8.39. The molecule has 2 amide bonds. The van der Waals surface area contributed by atoms with E-state index in [1.807, 2.05) is 0 Å². The number of nitrogens with zero attached hydrogens (tertiary/aromatic N) is 2. The van der Waals surface area contributed by atoms with E-state index < -0.39 is 0 Å². The molecule has 1 N–H and O–H groups in total. The standard InChI is InChI=1S/C18H26FN3O2/c1-13-7-8-14(12-15(13)19)17(23)20-9-5-11-22-10-4-6-16(22)18(24)21(2)3/h7-8,12,16H,4-6,9-11H2,1-3H3,(H,20,23)/t16-/m1/s1. The minimum Gasteiger partial charge on any atom is -0.352 e. The lowest BCUT2D eigenvalue weighted by Gasteiger charge is -2.26. The summed E-state index contributed by atoms with van der Waals surface area (Å²) in [5, 5.41) is 2.81. The Morgan fingerprint density at radius 1 is 1.38 bits per heavy atom. The molecule has 1 aromatic carbocycles. The zero-order valence-electron chi connectivity index (χ0n) is 14.6. The number of amides is 2. The van der Waals surface area contributed by atoms with Crippen LogP contribution in [-0.2, 0) is 4.79 Å². The van der Waals surface area contributed by atoms with Gasteiger partial charge in [-0.3, -0.25) is 14.5 Å². The van der Waals surface area contributed by atoms with Crippen molar-refractivity contribution in [2.75, 3.05) is 33.7 Å². The quantitative estimate of drug-likeness (QED) is 0.807. The van der Waals surface area contributed by atoms with E-state index in [2.05, 4.69) is 10.2 Å². The Morgan fingerprint density at radius 2 is 2.12 bits per heavy atom. The van der Waals surface area contributed by atoms with Crippen molar-refractivity contribution in [3.8, 4) is 0 Å². The first-order valence-electron chi connectivity index (χ1n) is 8.39. The van der Waals surface area contributed by atoms with Gasteiger partial charge in [-0.15, -0.1) is 0 Å². The molecule has 1 atom stereocenters. The Bertz CT molecular complexity index is 604. The maximum atomic E-state index is 13.5. The molecule has 0 saturated carbocycles. The van der Waals surface area contributed by atoms with E-state index in [-0.39, 0.29) is 23.7 Å². The Kier molecular flexibility index (Phi) is 6.31. The number of likely N-dealkylation sites (N-methyl/N-ethyl adjacent to an activating group) is 1. The number of likely N-dealkylation sites (tertiary alicyclic amines) is 1. The van der Waals surface area contributed by atoms with Gasteiger partial charge in [-0.25, -0.2) is 4.39 Å². The van der Waals surface area contributed by atoms with Crippen LogP contribution in [0.3, 0.4) is 0 Å². The van der Waals surface area contributed by atoms with Crippen LogP contribution >= 0.6 is 0 Å². The third-order valence-electron chi connectivity index (χ3n) is 4.43. The molecule has 0 unspecified atom stereocenters. The van der Waals surface area contributed by atoms with Crippen molar-refractivity contribution in [1.82, 2.24) is 15.1 Å². The first-order chi connectivity index (χ1) is 11.4. The molecule has 1 aliphatic heterocycles. The maximum absolute atomic E-state index is 13.5. The number of nitrogens with one attached hydrogen (secondary N) is 1. The Labute approximate surface area is 142 Å². The van der Waals surface area contributed by atoms with Crippen LogP contribution in [0.25, 0.3) is 0 Å². The second kappa shape index (κ2) is 8.24. The first kappa shape index (κ1) is 18.4. The number of carbonyl (C=O) groups is 2. The van der Waals surface area contributed by atoms with Gasteiger partial charge in [0.2, 0.25) is 5.91 Å². The van der Waals surface area contributed by atoms with Crippen LogP contribution in [0.1, 0.15) is 35.2 Å². The summed E-state index contributed by atoms with van der Waals surface area (Å²) in [6.07, 6.45) is 2.68. The Balaban J connectivity index is 1.77. The van der Waals surface area contributed by atoms with E-state index in [4.69, 9.17) is 0 Å². The van der Waals surface area contributed by atoms with Crippen molar-refractivity contribution >= 4 is 11.8 Å². The van der Waals surface area contributed by atoms with E-state index in [0.717, 1.165) is 32.4 Å². The third-order valence-corrected chi connectivity index (χ3v) is 4.43. The lowest BCUT2D eigenvalue weighted by molar-refractivity contribution is -0.133. The van der Waals surface area contributed by atoms with Crippen LogP contribution in [0.2, 0.25) is 0 Å². The topological polar surface area (TPSA) is 52.7 Å². The van der Waals surface area contributed by atoms with Crippen molar-refractivity contribution in [2.24, 2.45) is 0 Å². The molecule has 1 heterocycles. The zero-order chi connectivity index (χ0) is 17.7. The van der Waals surface area contributed by atoms with Gasteiger partial charge in [-0.1, -0.05) is 6.07 Å². The van der Waals surface area contributed by atoms with Gasteiger partial charge in [0.25, 0.3) is 5.91 Å². The molecule has 5 nitrogen and oxygen atoms in total. The highest BCUT2D eigenvalue weighted by atomic mass is 19.1. The average Bonchev–Trinajstić information content (AvgIpc) is 3.01. The van der Waals surface area contributed by atoms with E-state index >= 15 is 0 Å². The molecule has 0 radical (unpaired) electrons. The minimum atomic E-state index is -0.371. The highest BCUT2D eigenvalue weighted by molar-refractivity contribution is 5.94. The number of rotatable bonds is 6. The molecule has 1 aliphatic rings. The fourth-order valence-electron chi connectivity index (χ4n) is 2.99. The van der Waals surface area contributed by atoms with Gasteiger partial charge < -0.3 is 10.2 Å². The predicted molar refractivity (Wildman–Crippen MR) is 91.4 cm³/mol.